The van der Waals surface area contributed by atoms with Crippen LogP contribution < -0.4 is 0 Å². The first kappa shape index (κ1) is 45.7. The minimum absolute atomic E-state index is 0.158. The summed E-state index contributed by atoms with van der Waals surface area (Å²) in [5.41, 5.74) is 6.64. The second kappa shape index (κ2) is 21.1. The van der Waals surface area contributed by atoms with Gasteiger partial charge in [-0.1, -0.05) is 111 Å². The predicted molar refractivity (Wildman–Crippen MR) is 221 cm³/mol. The molecule has 0 saturated heterocycles. The van der Waals surface area contributed by atoms with E-state index in [1.807, 2.05) is 24.3 Å². The predicted octanol–water partition coefficient (Wildman–Crippen LogP) is 14.4. The molecule has 0 saturated carbocycles. The Balaban J connectivity index is 0.000000411. The van der Waals surface area contributed by atoms with Gasteiger partial charge in [-0.3, -0.25) is 4.79 Å². The van der Waals surface area contributed by atoms with E-state index in [4.69, 9.17) is 0 Å². The zero-order valence-electron chi connectivity index (χ0n) is 33.3. The maximum atomic E-state index is 14.1. The Kier molecular flexibility index (Phi) is 16.7. The van der Waals surface area contributed by atoms with Crippen LogP contribution in [0.25, 0.3) is 32.7 Å². The minimum atomic E-state index is -5.62. The van der Waals surface area contributed by atoms with Gasteiger partial charge in [-0.15, -0.1) is 6.58 Å². The number of phenols is 2. The topological polar surface area (TPSA) is 77.8 Å². The molecule has 1 atom stereocenters. The molecule has 4 nitrogen and oxygen atoms in total. The fourth-order valence-electron chi connectivity index (χ4n) is 7.49. The molecule has 0 amide bonds. The number of carbonyl (C=O) groups is 1. The summed E-state index contributed by atoms with van der Waals surface area (Å²) in [5, 5.41) is 33.3. The number of fused-ring (bicyclic) bond motifs is 2. The molecule has 3 N–H and O–H groups in total. The Morgan fingerprint density at radius 2 is 1.31 bits per heavy atom. The second-order valence-corrected chi connectivity index (χ2v) is 15.2. The average molecular weight is 809 g/mol. The van der Waals surface area contributed by atoms with Crippen molar-refractivity contribution in [2.24, 2.45) is 5.92 Å². The van der Waals surface area contributed by atoms with Gasteiger partial charge in [0, 0.05) is 6.42 Å². The Bertz CT molecular complexity index is 2140. The maximum Gasteiger partial charge on any atom is 0.453 e. The van der Waals surface area contributed by atoms with Gasteiger partial charge >= 0.3 is 18.1 Å². The van der Waals surface area contributed by atoms with Crippen molar-refractivity contribution < 1.29 is 46.5 Å². The van der Waals surface area contributed by atoms with E-state index in [1.165, 1.54) is 39.6 Å². The lowest BCUT2D eigenvalue weighted by atomic mass is 9.90. The van der Waals surface area contributed by atoms with Gasteiger partial charge in [0.2, 0.25) is 0 Å². The monoisotopic (exact) mass is 808 g/mol. The van der Waals surface area contributed by atoms with Crippen molar-refractivity contribution in [2.75, 3.05) is 0 Å². The van der Waals surface area contributed by atoms with Crippen molar-refractivity contribution >= 4 is 27.5 Å². The standard InChI is InChI=1S/C33H38F6O4.C15H16/c34-29-21-24(14-18-30(29)41)26-16-13-23-20-25(40)15-17-27(23)28(26)12-8-6-4-2-1-3-5-7-10-22(31(42)43)11-9-19-32(35,36)33(37,38)39;1-4-5-14-12(3)7-8-13-10-11(2)6-9-15(13)14/h13-18,20-22,40-41H,1-12,19H2,(H,42,43);4,6-10H,1,5H2,2-3H3. The number of carboxylic acid groups (broad SMARTS) is 1. The fourth-order valence-corrected chi connectivity index (χ4v) is 7.49. The smallest absolute Gasteiger partial charge is 0.453 e. The highest BCUT2D eigenvalue weighted by molar-refractivity contribution is 5.93. The van der Waals surface area contributed by atoms with Crippen LogP contribution in [0.15, 0.2) is 91.5 Å². The lowest BCUT2D eigenvalue weighted by Gasteiger charge is -2.20. The zero-order chi connectivity index (χ0) is 42.5. The van der Waals surface area contributed by atoms with Crippen molar-refractivity contribution in [3.05, 3.63) is 120 Å². The molecule has 0 aliphatic carbocycles. The van der Waals surface area contributed by atoms with Crippen LogP contribution in [0.3, 0.4) is 0 Å². The van der Waals surface area contributed by atoms with Crippen molar-refractivity contribution in [3.63, 3.8) is 0 Å². The molecule has 5 aromatic rings. The number of benzene rings is 5. The molecule has 10 heteroatoms. The molecule has 5 aromatic carbocycles. The summed E-state index contributed by atoms with van der Waals surface area (Å²) in [6.45, 7) is 8.12. The van der Waals surface area contributed by atoms with Crippen LogP contribution in [-0.2, 0) is 17.6 Å². The molecule has 0 bridgehead atoms. The van der Waals surface area contributed by atoms with E-state index in [2.05, 4.69) is 50.8 Å². The number of allylic oxidation sites excluding steroid dienone is 1. The second-order valence-electron chi connectivity index (χ2n) is 15.2. The molecular formula is C48H54F6O4. The third kappa shape index (κ3) is 12.8. The van der Waals surface area contributed by atoms with Crippen LogP contribution in [0, 0.1) is 25.6 Å². The molecule has 0 spiro atoms. The molecule has 0 aromatic heterocycles. The fraction of sp³-hybridized carbons (Fsp3) is 0.396. The normalized spacial score (nSPS) is 12.3. The zero-order valence-corrected chi connectivity index (χ0v) is 33.3. The lowest BCUT2D eigenvalue weighted by Crippen LogP contribution is -2.36. The molecule has 0 heterocycles. The SMILES string of the molecule is C=CCc1c(C)ccc2cc(C)ccc12.O=C(O)C(CCCCCCCCCCc1c(-c2ccc(O)c(F)c2)ccc2cc(O)ccc12)CCCC(F)(F)C(F)(F)F. The van der Waals surface area contributed by atoms with Crippen LogP contribution >= 0.6 is 0 Å². The maximum absolute atomic E-state index is 14.1. The third-order valence-corrected chi connectivity index (χ3v) is 10.8. The number of aliphatic carboxylic acids is 1. The van der Waals surface area contributed by atoms with Crippen LogP contribution in [0.1, 0.15) is 99.3 Å². The van der Waals surface area contributed by atoms with E-state index < -0.39 is 48.4 Å². The number of hydrogen-bond donors (Lipinski definition) is 3. The Hall–Kier alpha value is -4.99. The highest BCUT2D eigenvalue weighted by Gasteiger charge is 2.56. The number of aromatic hydroxyl groups is 2. The molecule has 58 heavy (non-hydrogen) atoms. The van der Waals surface area contributed by atoms with E-state index in [0.29, 0.717) is 12.0 Å². The number of unbranched alkanes of at least 4 members (excludes halogenated alkanes) is 7. The number of rotatable bonds is 19. The highest BCUT2D eigenvalue weighted by Crippen LogP contribution is 2.40. The van der Waals surface area contributed by atoms with E-state index >= 15 is 0 Å². The third-order valence-electron chi connectivity index (χ3n) is 10.8. The minimum Gasteiger partial charge on any atom is -0.508 e. The number of alkyl halides is 5. The lowest BCUT2D eigenvalue weighted by molar-refractivity contribution is -0.284. The first-order chi connectivity index (χ1) is 27.5. The van der Waals surface area contributed by atoms with Crippen molar-refractivity contribution in [2.45, 2.75) is 116 Å². The Morgan fingerprint density at radius 1 is 0.707 bits per heavy atom. The Morgan fingerprint density at radius 3 is 1.97 bits per heavy atom. The van der Waals surface area contributed by atoms with E-state index in [1.54, 1.807) is 18.2 Å². The van der Waals surface area contributed by atoms with E-state index in [-0.39, 0.29) is 18.6 Å². The summed E-state index contributed by atoms with van der Waals surface area (Å²) in [5.74, 6) is -7.85. The Labute approximate surface area is 337 Å². The van der Waals surface area contributed by atoms with Crippen molar-refractivity contribution in [1.29, 1.82) is 0 Å². The first-order valence-corrected chi connectivity index (χ1v) is 20.0. The quantitative estimate of drug-likeness (QED) is 0.0441. The molecule has 312 valence electrons. The van der Waals surface area contributed by atoms with Crippen molar-refractivity contribution in [1.82, 2.24) is 0 Å². The average Bonchev–Trinajstić information content (AvgIpc) is 3.16. The van der Waals surface area contributed by atoms with Crippen LogP contribution in [0.5, 0.6) is 11.5 Å². The molecule has 0 radical (unpaired) electrons. The largest absolute Gasteiger partial charge is 0.508 e. The molecular weight excluding hydrogens is 755 g/mol. The van der Waals surface area contributed by atoms with Gasteiger partial charge < -0.3 is 15.3 Å². The summed E-state index contributed by atoms with van der Waals surface area (Å²) in [6, 6.07) is 24.3. The van der Waals surface area contributed by atoms with E-state index in [9.17, 15) is 46.5 Å². The summed E-state index contributed by atoms with van der Waals surface area (Å²) in [7, 11) is 0. The summed E-state index contributed by atoms with van der Waals surface area (Å²) >= 11 is 0. The van der Waals surface area contributed by atoms with E-state index in [0.717, 1.165) is 79.7 Å². The van der Waals surface area contributed by atoms with Gasteiger partial charge in [0.1, 0.15) is 5.75 Å². The van der Waals surface area contributed by atoms with Crippen LogP contribution in [0.4, 0.5) is 26.3 Å². The number of carboxylic acids is 1. The van der Waals surface area contributed by atoms with Gasteiger partial charge in [0.05, 0.1) is 5.92 Å². The van der Waals surface area contributed by atoms with Gasteiger partial charge in [-0.2, -0.15) is 22.0 Å². The number of aryl methyl sites for hydroxylation is 3. The molecule has 0 aliphatic rings. The number of hydrogen-bond acceptors (Lipinski definition) is 3. The number of halogens is 6. The first-order valence-electron chi connectivity index (χ1n) is 20.0. The highest BCUT2D eigenvalue weighted by atomic mass is 19.4. The molecule has 5 rings (SSSR count). The molecule has 0 fully saturated rings. The molecule has 1 unspecified atom stereocenters. The van der Waals surface area contributed by atoms with Crippen LogP contribution in [-0.4, -0.2) is 33.4 Å². The van der Waals surface area contributed by atoms with Gasteiger partial charge in [-0.25, -0.2) is 4.39 Å². The van der Waals surface area contributed by atoms with Gasteiger partial charge in [0.15, 0.2) is 11.6 Å². The summed E-state index contributed by atoms with van der Waals surface area (Å²) in [4.78, 5) is 11.4. The molecule has 0 aliphatic heterocycles. The summed E-state index contributed by atoms with van der Waals surface area (Å²) < 4.78 is 77.1. The van der Waals surface area contributed by atoms with Crippen molar-refractivity contribution in [3.8, 4) is 22.6 Å². The summed E-state index contributed by atoms with van der Waals surface area (Å²) in [6.07, 6.45) is 3.16. The number of phenolic OH excluding ortho intramolecular Hbond substituents is 2. The van der Waals surface area contributed by atoms with Crippen LogP contribution in [0.2, 0.25) is 0 Å². The van der Waals surface area contributed by atoms with Gasteiger partial charge in [-0.05, 0) is 126 Å². The van der Waals surface area contributed by atoms with Gasteiger partial charge in [0.25, 0.3) is 0 Å².